The van der Waals surface area contributed by atoms with Crippen molar-refractivity contribution in [3.8, 4) is 0 Å². The SMILES string of the molecule is CN(C)C(=O)c1cccc(NS(=O)(=O)c2cccc(S(N)(=O)=O)c2)c1. The van der Waals surface area contributed by atoms with E-state index in [4.69, 9.17) is 5.14 Å². The number of primary sulfonamides is 1. The van der Waals surface area contributed by atoms with Gasteiger partial charge < -0.3 is 4.90 Å². The van der Waals surface area contributed by atoms with Crippen LogP contribution in [0.25, 0.3) is 0 Å². The Hall–Kier alpha value is -2.43. The van der Waals surface area contributed by atoms with E-state index < -0.39 is 20.0 Å². The third-order valence-electron chi connectivity index (χ3n) is 3.21. The van der Waals surface area contributed by atoms with E-state index in [1.54, 1.807) is 20.2 Å². The summed E-state index contributed by atoms with van der Waals surface area (Å²) in [6, 6.07) is 10.7. The molecule has 0 spiro atoms. The minimum absolute atomic E-state index is 0.175. The summed E-state index contributed by atoms with van der Waals surface area (Å²) < 4.78 is 50.0. The van der Waals surface area contributed by atoms with E-state index in [-0.39, 0.29) is 21.4 Å². The summed E-state index contributed by atoms with van der Waals surface area (Å²) in [6.45, 7) is 0. The highest BCUT2D eigenvalue weighted by molar-refractivity contribution is 7.93. The van der Waals surface area contributed by atoms with E-state index in [0.717, 1.165) is 6.07 Å². The molecule has 25 heavy (non-hydrogen) atoms. The molecule has 2 aromatic carbocycles. The average molecular weight is 383 g/mol. The number of sulfonamides is 2. The van der Waals surface area contributed by atoms with Crippen LogP contribution in [-0.2, 0) is 20.0 Å². The molecular formula is C15H17N3O5S2. The van der Waals surface area contributed by atoms with E-state index in [1.807, 2.05) is 0 Å². The Kier molecular flexibility index (Phi) is 5.16. The predicted molar refractivity (Wildman–Crippen MR) is 93.1 cm³/mol. The van der Waals surface area contributed by atoms with E-state index in [0.29, 0.717) is 5.56 Å². The molecule has 2 aromatic rings. The van der Waals surface area contributed by atoms with Gasteiger partial charge in [-0.15, -0.1) is 0 Å². The van der Waals surface area contributed by atoms with Crippen LogP contribution in [0, 0.1) is 0 Å². The van der Waals surface area contributed by atoms with Crippen molar-refractivity contribution >= 4 is 31.6 Å². The lowest BCUT2D eigenvalue weighted by atomic mass is 10.2. The molecule has 0 unspecified atom stereocenters. The fraction of sp³-hybridized carbons (Fsp3) is 0.133. The molecule has 1 amide bonds. The molecule has 0 aliphatic carbocycles. The molecule has 0 aromatic heterocycles. The lowest BCUT2D eigenvalue weighted by Gasteiger charge is -2.12. The van der Waals surface area contributed by atoms with Gasteiger partial charge in [0.25, 0.3) is 15.9 Å². The van der Waals surface area contributed by atoms with Crippen LogP contribution in [0.2, 0.25) is 0 Å². The molecule has 0 heterocycles. The largest absolute Gasteiger partial charge is 0.345 e. The Labute approximate surface area is 146 Å². The maximum atomic E-state index is 12.5. The standard InChI is InChI=1S/C15H17N3O5S2/c1-18(2)15(19)11-5-3-6-12(9-11)17-25(22,23)14-8-4-7-13(10-14)24(16,20)21/h3-10,17H,1-2H3,(H2,16,20,21). The quantitative estimate of drug-likeness (QED) is 0.791. The van der Waals surface area contributed by atoms with Crippen LogP contribution in [0.4, 0.5) is 5.69 Å². The number of rotatable bonds is 5. The molecule has 0 bridgehead atoms. The van der Waals surface area contributed by atoms with Gasteiger partial charge in [-0.3, -0.25) is 9.52 Å². The highest BCUT2D eigenvalue weighted by Crippen LogP contribution is 2.20. The lowest BCUT2D eigenvalue weighted by Crippen LogP contribution is -2.22. The molecule has 8 nitrogen and oxygen atoms in total. The van der Waals surface area contributed by atoms with Gasteiger partial charge in [-0.05, 0) is 36.4 Å². The van der Waals surface area contributed by atoms with Crippen molar-refractivity contribution in [3.05, 3.63) is 54.1 Å². The number of benzene rings is 2. The monoisotopic (exact) mass is 383 g/mol. The van der Waals surface area contributed by atoms with Gasteiger partial charge in [0.1, 0.15) is 0 Å². The lowest BCUT2D eigenvalue weighted by molar-refractivity contribution is 0.0827. The number of anilines is 1. The zero-order valence-electron chi connectivity index (χ0n) is 13.5. The summed E-state index contributed by atoms with van der Waals surface area (Å²) in [4.78, 5) is 12.7. The second kappa shape index (κ2) is 6.82. The summed E-state index contributed by atoms with van der Waals surface area (Å²) >= 11 is 0. The van der Waals surface area contributed by atoms with Crippen LogP contribution >= 0.6 is 0 Å². The van der Waals surface area contributed by atoms with E-state index in [1.165, 1.54) is 41.3 Å². The van der Waals surface area contributed by atoms with Gasteiger partial charge >= 0.3 is 0 Å². The Morgan fingerprint density at radius 1 is 0.960 bits per heavy atom. The third-order valence-corrected chi connectivity index (χ3v) is 5.50. The van der Waals surface area contributed by atoms with Crippen molar-refractivity contribution in [2.45, 2.75) is 9.79 Å². The number of carbonyl (C=O) groups is 1. The van der Waals surface area contributed by atoms with Crippen molar-refractivity contribution in [1.82, 2.24) is 4.90 Å². The first-order chi connectivity index (χ1) is 11.5. The van der Waals surface area contributed by atoms with E-state index in [2.05, 4.69) is 4.72 Å². The van der Waals surface area contributed by atoms with Crippen molar-refractivity contribution in [3.63, 3.8) is 0 Å². The molecule has 0 radical (unpaired) electrons. The topological polar surface area (TPSA) is 127 Å². The van der Waals surface area contributed by atoms with Gasteiger partial charge in [0.15, 0.2) is 0 Å². The van der Waals surface area contributed by atoms with Crippen molar-refractivity contribution < 1.29 is 21.6 Å². The number of nitrogens with one attached hydrogen (secondary N) is 1. The Morgan fingerprint density at radius 2 is 1.56 bits per heavy atom. The molecule has 0 fully saturated rings. The van der Waals surface area contributed by atoms with Crippen LogP contribution in [-0.4, -0.2) is 41.7 Å². The smallest absolute Gasteiger partial charge is 0.261 e. The van der Waals surface area contributed by atoms with Crippen LogP contribution in [0.15, 0.2) is 58.3 Å². The highest BCUT2D eigenvalue weighted by atomic mass is 32.2. The first-order valence-corrected chi connectivity index (χ1v) is 10.0. The Bertz CT molecular complexity index is 1010. The summed E-state index contributed by atoms with van der Waals surface area (Å²) in [5.41, 5.74) is 0.484. The summed E-state index contributed by atoms with van der Waals surface area (Å²) in [6.07, 6.45) is 0. The zero-order chi connectivity index (χ0) is 18.8. The summed E-state index contributed by atoms with van der Waals surface area (Å²) in [7, 11) is -4.92. The molecular weight excluding hydrogens is 366 g/mol. The zero-order valence-corrected chi connectivity index (χ0v) is 15.1. The minimum atomic E-state index is -4.05. The molecule has 0 saturated carbocycles. The molecule has 3 N–H and O–H groups in total. The van der Waals surface area contributed by atoms with E-state index in [9.17, 15) is 21.6 Å². The summed E-state index contributed by atoms with van der Waals surface area (Å²) in [5.74, 6) is -0.280. The van der Waals surface area contributed by atoms with Crippen LogP contribution in [0.3, 0.4) is 0 Å². The number of carbonyl (C=O) groups excluding carboxylic acids is 1. The fourth-order valence-corrected chi connectivity index (χ4v) is 3.74. The first-order valence-electron chi connectivity index (χ1n) is 6.98. The second-order valence-electron chi connectivity index (χ2n) is 5.41. The molecule has 0 atom stereocenters. The van der Waals surface area contributed by atoms with Crippen molar-refractivity contribution in [1.29, 1.82) is 0 Å². The Morgan fingerprint density at radius 3 is 2.16 bits per heavy atom. The van der Waals surface area contributed by atoms with Gasteiger partial charge in [0.2, 0.25) is 10.0 Å². The normalized spacial score (nSPS) is 11.8. The van der Waals surface area contributed by atoms with Gasteiger partial charge in [-0.25, -0.2) is 22.0 Å². The van der Waals surface area contributed by atoms with Crippen LogP contribution < -0.4 is 9.86 Å². The number of nitrogens with two attached hydrogens (primary N) is 1. The van der Waals surface area contributed by atoms with Gasteiger partial charge in [0.05, 0.1) is 9.79 Å². The second-order valence-corrected chi connectivity index (χ2v) is 8.65. The summed E-state index contributed by atoms with van der Waals surface area (Å²) in [5, 5.41) is 5.02. The number of amides is 1. The predicted octanol–water partition coefficient (Wildman–Crippen LogP) is 0.837. The molecule has 0 saturated heterocycles. The van der Waals surface area contributed by atoms with Crippen molar-refractivity contribution in [2.75, 3.05) is 18.8 Å². The molecule has 10 heteroatoms. The van der Waals surface area contributed by atoms with Crippen LogP contribution in [0.1, 0.15) is 10.4 Å². The number of hydrogen-bond donors (Lipinski definition) is 2. The Balaban J connectivity index is 2.37. The van der Waals surface area contributed by atoms with Gasteiger partial charge in [0, 0.05) is 25.3 Å². The average Bonchev–Trinajstić information content (AvgIpc) is 2.53. The highest BCUT2D eigenvalue weighted by Gasteiger charge is 2.18. The van der Waals surface area contributed by atoms with Crippen molar-refractivity contribution in [2.24, 2.45) is 5.14 Å². The van der Waals surface area contributed by atoms with Crippen LogP contribution in [0.5, 0.6) is 0 Å². The maximum absolute atomic E-state index is 12.5. The molecule has 0 aliphatic rings. The molecule has 0 aliphatic heterocycles. The number of nitrogens with zero attached hydrogens (tertiary/aromatic N) is 1. The van der Waals surface area contributed by atoms with Gasteiger partial charge in [-0.2, -0.15) is 0 Å². The maximum Gasteiger partial charge on any atom is 0.261 e. The fourth-order valence-electron chi connectivity index (χ4n) is 2.01. The van der Waals surface area contributed by atoms with E-state index >= 15 is 0 Å². The molecule has 134 valence electrons. The first kappa shape index (κ1) is 18.9. The molecule has 2 rings (SSSR count). The minimum Gasteiger partial charge on any atom is -0.345 e. The number of hydrogen-bond acceptors (Lipinski definition) is 5. The third kappa shape index (κ3) is 4.56. The van der Waals surface area contributed by atoms with Gasteiger partial charge in [-0.1, -0.05) is 12.1 Å².